The van der Waals surface area contributed by atoms with Gasteiger partial charge in [-0.2, -0.15) is 0 Å². The van der Waals surface area contributed by atoms with Gasteiger partial charge in [0.05, 0.1) is 6.61 Å². The Balaban J connectivity index is 2.65. The first-order valence-electron chi connectivity index (χ1n) is 7.09. The number of carbonyl (C=O) groups excluding carboxylic acids is 1. The molecule has 1 amide bonds. The van der Waals surface area contributed by atoms with Crippen LogP contribution in [-0.4, -0.2) is 43.3 Å². The van der Waals surface area contributed by atoms with Gasteiger partial charge in [0.2, 0.25) is 5.91 Å². The van der Waals surface area contributed by atoms with E-state index in [2.05, 4.69) is 11.8 Å². The SMILES string of the molecule is COCCCC(=O)N(C)Cc1ccccc1C#CCCO. The second-order valence-electron chi connectivity index (χ2n) is 4.78. The van der Waals surface area contributed by atoms with Crippen LogP contribution in [0.4, 0.5) is 0 Å². The van der Waals surface area contributed by atoms with Crippen LogP contribution in [0.5, 0.6) is 0 Å². The average Bonchev–Trinajstić information content (AvgIpc) is 2.49. The van der Waals surface area contributed by atoms with E-state index in [1.54, 1.807) is 19.1 Å². The van der Waals surface area contributed by atoms with E-state index in [9.17, 15) is 4.79 Å². The molecule has 1 N–H and O–H groups in total. The third-order valence-corrected chi connectivity index (χ3v) is 3.05. The Morgan fingerprint density at radius 2 is 2.14 bits per heavy atom. The Morgan fingerprint density at radius 1 is 1.38 bits per heavy atom. The lowest BCUT2D eigenvalue weighted by Gasteiger charge is -2.18. The fourth-order valence-corrected chi connectivity index (χ4v) is 1.90. The lowest BCUT2D eigenvalue weighted by molar-refractivity contribution is -0.130. The Labute approximate surface area is 126 Å². The smallest absolute Gasteiger partial charge is 0.222 e. The molecule has 0 aliphatic heterocycles. The van der Waals surface area contributed by atoms with Crippen LogP contribution < -0.4 is 0 Å². The highest BCUT2D eigenvalue weighted by Crippen LogP contribution is 2.11. The largest absolute Gasteiger partial charge is 0.395 e. The van der Waals surface area contributed by atoms with Crippen molar-refractivity contribution >= 4 is 5.91 Å². The van der Waals surface area contributed by atoms with Crippen molar-refractivity contribution in [1.29, 1.82) is 0 Å². The number of nitrogens with zero attached hydrogens (tertiary/aromatic N) is 1. The zero-order valence-corrected chi connectivity index (χ0v) is 12.8. The number of amides is 1. The van der Waals surface area contributed by atoms with Crippen LogP contribution in [0.2, 0.25) is 0 Å². The van der Waals surface area contributed by atoms with Gasteiger partial charge in [0.1, 0.15) is 0 Å². The van der Waals surface area contributed by atoms with E-state index in [0.717, 1.165) is 17.5 Å². The van der Waals surface area contributed by atoms with Gasteiger partial charge < -0.3 is 14.7 Å². The molecule has 0 aromatic heterocycles. The average molecular weight is 289 g/mol. The summed E-state index contributed by atoms with van der Waals surface area (Å²) in [5.74, 6) is 6.06. The molecule has 4 nitrogen and oxygen atoms in total. The predicted octanol–water partition coefficient (Wildman–Crippen LogP) is 1.81. The van der Waals surface area contributed by atoms with Crippen LogP contribution in [-0.2, 0) is 16.1 Å². The first kappa shape index (κ1) is 17.2. The summed E-state index contributed by atoms with van der Waals surface area (Å²) < 4.78 is 4.95. The fraction of sp³-hybridized carbons (Fsp3) is 0.471. The van der Waals surface area contributed by atoms with E-state index in [0.29, 0.717) is 26.0 Å². The van der Waals surface area contributed by atoms with Gasteiger partial charge in [-0.3, -0.25) is 4.79 Å². The molecule has 0 heterocycles. The standard InChI is InChI=1S/C17H23NO3/c1-18(17(20)11-7-13-21-2)14-16-10-4-3-8-15(16)9-5-6-12-19/h3-4,8,10,19H,6-7,11-14H2,1-2H3. The first-order chi connectivity index (χ1) is 10.2. The predicted molar refractivity (Wildman–Crippen MR) is 82.6 cm³/mol. The van der Waals surface area contributed by atoms with Crippen molar-refractivity contribution in [3.05, 3.63) is 35.4 Å². The zero-order valence-electron chi connectivity index (χ0n) is 12.8. The van der Waals surface area contributed by atoms with Gasteiger partial charge in [-0.15, -0.1) is 0 Å². The Morgan fingerprint density at radius 3 is 2.86 bits per heavy atom. The lowest BCUT2D eigenvalue weighted by atomic mass is 10.1. The van der Waals surface area contributed by atoms with Crippen LogP contribution in [0.3, 0.4) is 0 Å². The maximum absolute atomic E-state index is 12.0. The molecule has 0 fully saturated rings. The molecule has 21 heavy (non-hydrogen) atoms. The van der Waals surface area contributed by atoms with Gasteiger partial charge in [0.25, 0.3) is 0 Å². The molecule has 0 aliphatic carbocycles. The second-order valence-corrected chi connectivity index (χ2v) is 4.78. The van der Waals surface area contributed by atoms with Gasteiger partial charge >= 0.3 is 0 Å². The molecule has 1 aromatic carbocycles. The second kappa shape index (κ2) is 9.98. The minimum Gasteiger partial charge on any atom is -0.395 e. The molecule has 114 valence electrons. The topological polar surface area (TPSA) is 49.8 Å². The molecule has 0 radical (unpaired) electrons. The van der Waals surface area contributed by atoms with E-state index >= 15 is 0 Å². The van der Waals surface area contributed by atoms with Crippen molar-refractivity contribution in [1.82, 2.24) is 4.90 Å². The van der Waals surface area contributed by atoms with Crippen molar-refractivity contribution in [2.45, 2.75) is 25.8 Å². The normalized spacial score (nSPS) is 9.86. The van der Waals surface area contributed by atoms with Crippen molar-refractivity contribution in [2.24, 2.45) is 0 Å². The van der Waals surface area contributed by atoms with Gasteiger partial charge in [-0.25, -0.2) is 0 Å². The third-order valence-electron chi connectivity index (χ3n) is 3.05. The number of rotatable bonds is 7. The Kier molecular flexibility index (Phi) is 8.18. The number of aliphatic hydroxyl groups is 1. The van der Waals surface area contributed by atoms with Crippen LogP contribution in [0.1, 0.15) is 30.4 Å². The summed E-state index contributed by atoms with van der Waals surface area (Å²) in [4.78, 5) is 13.7. The van der Waals surface area contributed by atoms with Crippen LogP contribution in [0.15, 0.2) is 24.3 Å². The highest BCUT2D eigenvalue weighted by Gasteiger charge is 2.10. The molecule has 0 atom stereocenters. The van der Waals surface area contributed by atoms with E-state index in [1.165, 1.54) is 0 Å². The molecule has 1 rings (SSSR count). The zero-order chi connectivity index (χ0) is 15.5. The maximum Gasteiger partial charge on any atom is 0.222 e. The van der Waals surface area contributed by atoms with Gasteiger partial charge in [0.15, 0.2) is 0 Å². The first-order valence-corrected chi connectivity index (χ1v) is 7.09. The quantitative estimate of drug-likeness (QED) is 0.615. The third kappa shape index (κ3) is 6.44. The molecule has 1 aromatic rings. The summed E-state index contributed by atoms with van der Waals surface area (Å²) in [7, 11) is 3.43. The monoisotopic (exact) mass is 289 g/mol. The van der Waals surface area contributed by atoms with E-state index in [4.69, 9.17) is 9.84 Å². The summed E-state index contributed by atoms with van der Waals surface area (Å²) in [6, 6.07) is 7.77. The van der Waals surface area contributed by atoms with Crippen molar-refractivity contribution in [3.8, 4) is 11.8 Å². The van der Waals surface area contributed by atoms with Crippen LogP contribution >= 0.6 is 0 Å². The number of hydrogen-bond acceptors (Lipinski definition) is 3. The minimum atomic E-state index is 0.0626. The minimum absolute atomic E-state index is 0.0626. The molecule has 0 saturated carbocycles. The summed E-state index contributed by atoms with van der Waals surface area (Å²) in [6.07, 6.45) is 1.68. The number of benzene rings is 1. The highest BCUT2D eigenvalue weighted by atomic mass is 16.5. The van der Waals surface area contributed by atoms with Crippen LogP contribution in [0, 0.1) is 11.8 Å². The summed E-state index contributed by atoms with van der Waals surface area (Å²) in [6.45, 7) is 1.20. The summed E-state index contributed by atoms with van der Waals surface area (Å²) in [5, 5.41) is 8.77. The number of hydrogen-bond donors (Lipinski definition) is 1. The molecule has 0 bridgehead atoms. The number of methoxy groups -OCH3 is 1. The molecular formula is C17H23NO3. The lowest BCUT2D eigenvalue weighted by Crippen LogP contribution is -2.26. The van der Waals surface area contributed by atoms with E-state index in [-0.39, 0.29) is 12.5 Å². The van der Waals surface area contributed by atoms with Crippen LogP contribution in [0.25, 0.3) is 0 Å². The number of carbonyl (C=O) groups is 1. The molecule has 0 aliphatic rings. The highest BCUT2D eigenvalue weighted by molar-refractivity contribution is 5.75. The Bertz CT molecular complexity index is 502. The van der Waals surface area contributed by atoms with Gasteiger partial charge in [-0.1, -0.05) is 30.0 Å². The summed E-state index contributed by atoms with van der Waals surface area (Å²) in [5.41, 5.74) is 1.92. The van der Waals surface area contributed by atoms with Gasteiger partial charge in [0, 0.05) is 45.7 Å². The Hall–Kier alpha value is -1.83. The van der Waals surface area contributed by atoms with Crippen molar-refractivity contribution in [3.63, 3.8) is 0 Å². The van der Waals surface area contributed by atoms with Crippen molar-refractivity contribution < 1.29 is 14.6 Å². The number of ether oxygens (including phenoxy) is 1. The summed E-state index contributed by atoms with van der Waals surface area (Å²) >= 11 is 0. The van der Waals surface area contributed by atoms with Crippen molar-refractivity contribution in [2.75, 3.05) is 27.4 Å². The molecule has 0 unspecified atom stereocenters. The molecular weight excluding hydrogens is 266 g/mol. The number of aliphatic hydroxyl groups excluding tert-OH is 1. The van der Waals surface area contributed by atoms with E-state index in [1.807, 2.05) is 24.3 Å². The molecule has 0 saturated heterocycles. The van der Waals surface area contributed by atoms with E-state index < -0.39 is 0 Å². The molecule has 4 heteroatoms. The fourth-order valence-electron chi connectivity index (χ4n) is 1.90. The van der Waals surface area contributed by atoms with Gasteiger partial charge in [-0.05, 0) is 18.1 Å². The maximum atomic E-state index is 12.0. The molecule has 0 spiro atoms.